The van der Waals surface area contributed by atoms with Crippen molar-refractivity contribution >= 4 is 22.6 Å². The van der Waals surface area contributed by atoms with Gasteiger partial charge in [-0.2, -0.15) is 5.10 Å². The van der Waals surface area contributed by atoms with Gasteiger partial charge < -0.3 is 5.32 Å². The molecule has 6 nitrogen and oxygen atoms in total. The maximum absolute atomic E-state index is 14.0. The summed E-state index contributed by atoms with van der Waals surface area (Å²) in [6.45, 7) is 3.98. The molecule has 0 aliphatic carbocycles. The molecule has 3 heterocycles. The predicted molar refractivity (Wildman–Crippen MR) is 105 cm³/mol. The van der Waals surface area contributed by atoms with Crippen molar-refractivity contribution in [1.29, 1.82) is 0 Å². The number of hydrogen-bond acceptors (Lipinski definition) is 4. The van der Waals surface area contributed by atoms with Gasteiger partial charge in [0.2, 0.25) is 0 Å². The number of carbonyl (C=O) groups excluding carboxylic acids is 1. The smallest absolute Gasteiger partial charge is 0.256 e. The molecule has 0 bridgehead atoms. The first-order chi connectivity index (χ1) is 13.5. The van der Waals surface area contributed by atoms with Gasteiger partial charge >= 0.3 is 0 Å². The third-order valence-corrected chi connectivity index (χ3v) is 4.38. The van der Waals surface area contributed by atoms with Crippen molar-refractivity contribution in [2.24, 2.45) is 0 Å². The van der Waals surface area contributed by atoms with Crippen molar-refractivity contribution < 1.29 is 9.18 Å². The first kappa shape index (κ1) is 17.8. The van der Waals surface area contributed by atoms with Gasteiger partial charge in [0.25, 0.3) is 5.91 Å². The van der Waals surface area contributed by atoms with Crippen molar-refractivity contribution in [1.82, 2.24) is 19.7 Å². The van der Waals surface area contributed by atoms with Crippen LogP contribution >= 0.6 is 0 Å². The Kier molecular flexibility index (Phi) is 4.57. The van der Waals surface area contributed by atoms with Gasteiger partial charge in [0.05, 0.1) is 28.5 Å². The van der Waals surface area contributed by atoms with Gasteiger partial charge in [-0.25, -0.2) is 14.1 Å². The minimum absolute atomic E-state index is 0.0663. The summed E-state index contributed by atoms with van der Waals surface area (Å²) < 4.78 is 15.7. The van der Waals surface area contributed by atoms with Crippen molar-refractivity contribution in [3.05, 3.63) is 72.4 Å². The van der Waals surface area contributed by atoms with E-state index in [-0.39, 0.29) is 11.7 Å². The van der Waals surface area contributed by atoms with Gasteiger partial charge in [0.15, 0.2) is 5.65 Å². The summed E-state index contributed by atoms with van der Waals surface area (Å²) in [5.74, 6) is -0.919. The average Bonchev–Trinajstić information content (AvgIpc) is 3.14. The number of para-hydroxylation sites is 1. The molecule has 7 heteroatoms. The van der Waals surface area contributed by atoms with Crippen LogP contribution in [0.3, 0.4) is 0 Å². The molecule has 0 saturated heterocycles. The molecular weight excluding hydrogens is 357 g/mol. The number of pyridine rings is 2. The number of halogens is 1. The summed E-state index contributed by atoms with van der Waals surface area (Å²) in [6, 6.07) is 11.5. The maximum atomic E-state index is 14.0. The normalized spacial score (nSPS) is 11.1. The molecule has 1 amide bonds. The Labute approximate surface area is 161 Å². The number of benzene rings is 1. The first-order valence-corrected chi connectivity index (χ1v) is 8.89. The third-order valence-electron chi connectivity index (χ3n) is 4.38. The summed E-state index contributed by atoms with van der Waals surface area (Å²) in [7, 11) is 0. The summed E-state index contributed by atoms with van der Waals surface area (Å²) in [4.78, 5) is 21.8. The van der Waals surface area contributed by atoms with Gasteiger partial charge in [-0.05, 0) is 44.2 Å². The van der Waals surface area contributed by atoms with Crippen LogP contribution in [0.25, 0.3) is 22.3 Å². The molecule has 1 aromatic carbocycles. The Morgan fingerprint density at radius 2 is 1.96 bits per heavy atom. The Morgan fingerprint density at radius 3 is 2.68 bits per heavy atom. The number of rotatable bonds is 4. The maximum Gasteiger partial charge on any atom is 0.256 e. The summed E-state index contributed by atoms with van der Waals surface area (Å²) in [5.41, 5.74) is 2.47. The van der Waals surface area contributed by atoms with E-state index in [1.165, 1.54) is 12.1 Å². The third kappa shape index (κ3) is 3.22. The molecule has 0 spiro atoms. The zero-order chi connectivity index (χ0) is 19.7. The largest absolute Gasteiger partial charge is 0.319 e. The van der Waals surface area contributed by atoms with Crippen molar-refractivity contribution in [3.63, 3.8) is 0 Å². The molecule has 1 N–H and O–H groups in total. The SMILES string of the molecule is CC(C)n1ncc2c(C(=O)Nc3ccccc3F)cc(-c3cccnc3)nc21. The summed E-state index contributed by atoms with van der Waals surface area (Å²) >= 11 is 0. The molecule has 28 heavy (non-hydrogen) atoms. The molecule has 0 fully saturated rings. The fourth-order valence-electron chi connectivity index (χ4n) is 3.00. The van der Waals surface area contributed by atoms with Crippen molar-refractivity contribution in [2.75, 3.05) is 5.32 Å². The van der Waals surface area contributed by atoms with E-state index in [0.717, 1.165) is 5.56 Å². The van der Waals surface area contributed by atoms with E-state index >= 15 is 0 Å². The van der Waals surface area contributed by atoms with Gasteiger partial charge in [-0.3, -0.25) is 9.78 Å². The lowest BCUT2D eigenvalue weighted by molar-refractivity contribution is 0.102. The molecule has 140 valence electrons. The van der Waals surface area contributed by atoms with Crippen molar-refractivity contribution in [3.8, 4) is 11.3 Å². The van der Waals surface area contributed by atoms with E-state index in [9.17, 15) is 9.18 Å². The highest BCUT2D eigenvalue weighted by Gasteiger charge is 2.19. The minimum Gasteiger partial charge on any atom is -0.319 e. The topological polar surface area (TPSA) is 72.7 Å². The highest BCUT2D eigenvalue weighted by Crippen LogP contribution is 2.27. The van der Waals surface area contributed by atoms with Crippen LogP contribution in [0.1, 0.15) is 30.2 Å². The number of amides is 1. The lowest BCUT2D eigenvalue weighted by Gasteiger charge is -2.11. The fourth-order valence-corrected chi connectivity index (χ4v) is 3.00. The number of hydrogen-bond donors (Lipinski definition) is 1. The van der Waals surface area contributed by atoms with Gasteiger partial charge in [0.1, 0.15) is 5.82 Å². The zero-order valence-corrected chi connectivity index (χ0v) is 15.4. The van der Waals surface area contributed by atoms with Gasteiger partial charge in [0, 0.05) is 24.0 Å². The van der Waals surface area contributed by atoms with Crippen molar-refractivity contribution in [2.45, 2.75) is 19.9 Å². The van der Waals surface area contributed by atoms with E-state index in [1.807, 2.05) is 19.9 Å². The molecular formula is C21H18FN5O. The molecule has 0 aliphatic heterocycles. The van der Waals surface area contributed by atoms with Gasteiger partial charge in [-0.15, -0.1) is 0 Å². The second kappa shape index (κ2) is 7.19. The number of aromatic nitrogens is 4. The second-order valence-corrected chi connectivity index (χ2v) is 6.65. The summed E-state index contributed by atoms with van der Waals surface area (Å²) in [6.07, 6.45) is 4.97. The monoisotopic (exact) mass is 375 g/mol. The van der Waals surface area contributed by atoms with Crippen LogP contribution in [0.5, 0.6) is 0 Å². The highest BCUT2D eigenvalue weighted by molar-refractivity contribution is 6.12. The minimum atomic E-state index is -0.494. The Bertz CT molecular complexity index is 1150. The highest BCUT2D eigenvalue weighted by atomic mass is 19.1. The van der Waals surface area contributed by atoms with Crippen LogP contribution in [0.4, 0.5) is 10.1 Å². The molecule has 0 saturated carbocycles. The molecule has 3 aromatic heterocycles. The molecule has 0 unspecified atom stereocenters. The second-order valence-electron chi connectivity index (χ2n) is 6.65. The van der Waals surface area contributed by atoms with Crippen LogP contribution in [0, 0.1) is 5.82 Å². The predicted octanol–water partition coefficient (Wildman–Crippen LogP) is 4.47. The van der Waals surface area contributed by atoms with E-state index in [0.29, 0.717) is 22.3 Å². The summed E-state index contributed by atoms with van der Waals surface area (Å²) in [5, 5.41) is 7.63. The molecule has 0 radical (unpaired) electrons. The van der Waals surface area contributed by atoms with E-state index in [2.05, 4.69) is 15.4 Å². The lowest BCUT2D eigenvalue weighted by Crippen LogP contribution is -2.14. The Hall–Kier alpha value is -3.61. The number of anilines is 1. The lowest BCUT2D eigenvalue weighted by atomic mass is 10.1. The van der Waals surface area contributed by atoms with E-state index in [4.69, 9.17) is 4.98 Å². The first-order valence-electron chi connectivity index (χ1n) is 8.89. The van der Waals surface area contributed by atoms with Crippen LogP contribution < -0.4 is 5.32 Å². The molecule has 0 atom stereocenters. The Morgan fingerprint density at radius 1 is 1.14 bits per heavy atom. The fraction of sp³-hybridized carbons (Fsp3) is 0.143. The number of nitrogens with one attached hydrogen (secondary N) is 1. The zero-order valence-electron chi connectivity index (χ0n) is 15.4. The standard InChI is InChI=1S/C21H18FN5O/c1-13(2)27-20-16(12-24-27)15(10-19(25-20)14-6-5-9-23-11-14)21(28)26-18-8-4-3-7-17(18)22/h3-13H,1-2H3,(H,26,28). The van der Waals surface area contributed by atoms with Crippen LogP contribution in [0.2, 0.25) is 0 Å². The van der Waals surface area contributed by atoms with E-state index in [1.54, 1.807) is 47.5 Å². The number of fused-ring (bicyclic) bond motifs is 1. The van der Waals surface area contributed by atoms with Crippen LogP contribution in [-0.4, -0.2) is 25.7 Å². The van der Waals surface area contributed by atoms with Gasteiger partial charge in [-0.1, -0.05) is 12.1 Å². The number of carbonyl (C=O) groups is 1. The molecule has 0 aliphatic rings. The van der Waals surface area contributed by atoms with Crippen LogP contribution in [-0.2, 0) is 0 Å². The Balaban J connectivity index is 1.86. The number of nitrogens with zero attached hydrogens (tertiary/aromatic N) is 4. The molecule has 4 aromatic rings. The average molecular weight is 375 g/mol. The van der Waals surface area contributed by atoms with E-state index < -0.39 is 11.7 Å². The molecule has 4 rings (SSSR count). The quantitative estimate of drug-likeness (QED) is 0.571. The van der Waals surface area contributed by atoms with Crippen LogP contribution in [0.15, 0.2) is 61.1 Å².